The fraction of sp³-hybridized carbons (Fsp3) is 0.0323. The number of para-hydroxylation sites is 6. The molecule has 0 N–H and O–H groups in total. The average molecular weight is 951 g/mol. The van der Waals surface area contributed by atoms with Gasteiger partial charge in [-0.25, -0.2) is 0 Å². The van der Waals surface area contributed by atoms with Crippen molar-refractivity contribution in [1.29, 1.82) is 0 Å². The van der Waals surface area contributed by atoms with Crippen LogP contribution in [0.2, 0.25) is 0 Å². The summed E-state index contributed by atoms with van der Waals surface area (Å²) in [5, 5.41) is 7.34. The second-order valence-electron chi connectivity index (χ2n) is 18.3. The fourth-order valence-corrected chi connectivity index (χ4v) is 11.4. The molecule has 0 radical (unpaired) electrons. The van der Waals surface area contributed by atoms with Crippen LogP contribution in [-0.4, -0.2) is 18.3 Å². The maximum atomic E-state index is 15.8. The summed E-state index contributed by atoms with van der Waals surface area (Å²) < 4.78 is 99.8. The van der Waals surface area contributed by atoms with Gasteiger partial charge in [-0.1, -0.05) is 121 Å². The lowest BCUT2D eigenvalue weighted by molar-refractivity contribution is -0.138. The average Bonchev–Trinajstić information content (AvgIpc) is 4.12. The van der Waals surface area contributed by atoms with Crippen molar-refractivity contribution in [2.24, 2.45) is 0 Å². The zero-order valence-electron chi connectivity index (χ0n) is 37.8. The highest BCUT2D eigenvalue weighted by atomic mass is 19.4. The molecule has 0 amide bonds. The molecule has 10 heteroatoms. The number of hydrogen-bond donors (Lipinski definition) is 0. The van der Waals surface area contributed by atoms with Crippen LogP contribution in [0, 0.1) is 0 Å². The van der Waals surface area contributed by atoms with E-state index in [4.69, 9.17) is 0 Å². The smallest absolute Gasteiger partial charge is 0.309 e. The third-order valence-corrected chi connectivity index (χ3v) is 14.4. The van der Waals surface area contributed by atoms with E-state index in [0.717, 1.165) is 101 Å². The maximum absolute atomic E-state index is 15.8. The largest absolute Gasteiger partial charge is 0.416 e. The minimum atomic E-state index is -4.86. The van der Waals surface area contributed by atoms with Crippen molar-refractivity contribution in [3.63, 3.8) is 0 Å². The Balaban J connectivity index is 1.09. The van der Waals surface area contributed by atoms with Crippen LogP contribution in [0.3, 0.4) is 0 Å². The van der Waals surface area contributed by atoms with E-state index < -0.39 is 23.5 Å². The number of rotatable bonds is 5. The van der Waals surface area contributed by atoms with Crippen molar-refractivity contribution in [3.05, 3.63) is 230 Å². The molecule has 0 aliphatic rings. The first-order valence-corrected chi connectivity index (χ1v) is 23.5. The maximum Gasteiger partial charge on any atom is 0.416 e. The molecule has 0 unspecified atom stereocenters. The third-order valence-electron chi connectivity index (χ3n) is 14.4. The minimum absolute atomic E-state index is 0.0720. The van der Waals surface area contributed by atoms with E-state index in [2.05, 4.69) is 57.7 Å². The van der Waals surface area contributed by atoms with Gasteiger partial charge < -0.3 is 18.3 Å². The summed E-state index contributed by atoms with van der Waals surface area (Å²) in [4.78, 5) is 0. The summed E-state index contributed by atoms with van der Waals surface area (Å²) in [5.74, 6) is 0. The van der Waals surface area contributed by atoms with Crippen LogP contribution in [0.4, 0.5) is 26.3 Å². The second-order valence-corrected chi connectivity index (χ2v) is 18.3. The summed E-state index contributed by atoms with van der Waals surface area (Å²) in [7, 11) is 0. The van der Waals surface area contributed by atoms with Gasteiger partial charge in [-0.15, -0.1) is 0 Å². The SMILES string of the molecule is FC(F)(F)c1cccc(-c2c(-n3c4ccccc4c4cc(-n5c6ccccc6c6ccccc65)ccc43)cc(C(F)(F)F)cc2-n2c3ccccc3c3cc(-n4c5ccccc5c5ccccc54)ccc32)c1. The van der Waals surface area contributed by atoms with Crippen molar-refractivity contribution in [2.75, 3.05) is 0 Å². The lowest BCUT2D eigenvalue weighted by Crippen LogP contribution is -2.11. The van der Waals surface area contributed by atoms with E-state index in [1.165, 1.54) is 6.07 Å². The van der Waals surface area contributed by atoms with Crippen LogP contribution >= 0.6 is 0 Å². The number of fused-ring (bicyclic) bond motifs is 12. The Morgan fingerprint density at radius 3 is 0.931 bits per heavy atom. The molecule has 4 aromatic heterocycles. The van der Waals surface area contributed by atoms with Gasteiger partial charge in [0.05, 0.1) is 66.6 Å². The molecule has 0 fully saturated rings. The molecule has 14 aromatic rings. The lowest BCUT2D eigenvalue weighted by Gasteiger charge is -2.23. The normalized spacial score (nSPS) is 12.6. The molecule has 0 saturated heterocycles. The van der Waals surface area contributed by atoms with E-state index in [9.17, 15) is 13.2 Å². The van der Waals surface area contributed by atoms with E-state index in [1.54, 1.807) is 15.2 Å². The molecule has 346 valence electrons. The summed E-state index contributed by atoms with van der Waals surface area (Å²) in [6, 6.07) is 66.4. The highest BCUT2D eigenvalue weighted by molar-refractivity contribution is 6.15. The van der Waals surface area contributed by atoms with Gasteiger partial charge in [-0.2, -0.15) is 26.3 Å². The molecule has 0 spiro atoms. The first kappa shape index (κ1) is 41.9. The molecular weight excluding hydrogens is 915 g/mol. The first-order chi connectivity index (χ1) is 35.0. The molecule has 0 atom stereocenters. The van der Waals surface area contributed by atoms with Gasteiger partial charge in [0.2, 0.25) is 0 Å². The number of hydrogen-bond acceptors (Lipinski definition) is 0. The van der Waals surface area contributed by atoms with Crippen molar-refractivity contribution < 1.29 is 26.3 Å². The van der Waals surface area contributed by atoms with E-state index in [0.29, 0.717) is 22.1 Å². The van der Waals surface area contributed by atoms with Crippen LogP contribution in [0.5, 0.6) is 0 Å². The summed E-state index contributed by atoms with van der Waals surface area (Å²) >= 11 is 0. The summed E-state index contributed by atoms with van der Waals surface area (Å²) in [6.45, 7) is 0. The monoisotopic (exact) mass is 950 g/mol. The van der Waals surface area contributed by atoms with Gasteiger partial charge in [-0.3, -0.25) is 0 Å². The van der Waals surface area contributed by atoms with Gasteiger partial charge in [0.15, 0.2) is 0 Å². The molecule has 0 aliphatic heterocycles. The second kappa shape index (κ2) is 15.2. The molecule has 4 nitrogen and oxygen atoms in total. The third kappa shape index (κ3) is 6.14. The minimum Gasteiger partial charge on any atom is -0.309 e. The molecule has 72 heavy (non-hydrogen) atoms. The van der Waals surface area contributed by atoms with Gasteiger partial charge in [0.25, 0.3) is 0 Å². The Morgan fingerprint density at radius 2 is 0.569 bits per heavy atom. The summed E-state index contributed by atoms with van der Waals surface area (Å²) in [5.41, 5.74) is 6.54. The Labute approximate surface area is 406 Å². The zero-order chi connectivity index (χ0) is 48.6. The molecule has 4 heterocycles. The Morgan fingerprint density at radius 1 is 0.250 bits per heavy atom. The van der Waals surface area contributed by atoms with Crippen molar-refractivity contribution in [1.82, 2.24) is 18.3 Å². The zero-order valence-corrected chi connectivity index (χ0v) is 37.8. The predicted octanol–water partition coefficient (Wildman–Crippen LogP) is 17.8. The van der Waals surface area contributed by atoms with Gasteiger partial charge in [-0.05, 0) is 103 Å². The van der Waals surface area contributed by atoms with Gasteiger partial charge in [0.1, 0.15) is 0 Å². The van der Waals surface area contributed by atoms with E-state index in [-0.39, 0.29) is 22.5 Å². The van der Waals surface area contributed by atoms with Crippen LogP contribution < -0.4 is 0 Å². The Kier molecular flexibility index (Phi) is 8.87. The number of nitrogens with zero attached hydrogens (tertiary/aromatic N) is 4. The quantitative estimate of drug-likeness (QED) is 0.153. The van der Waals surface area contributed by atoms with Crippen LogP contribution in [-0.2, 0) is 12.4 Å². The van der Waals surface area contributed by atoms with Crippen molar-refractivity contribution in [2.45, 2.75) is 12.4 Å². The van der Waals surface area contributed by atoms with Crippen LogP contribution in [0.1, 0.15) is 11.1 Å². The van der Waals surface area contributed by atoms with E-state index in [1.807, 2.05) is 133 Å². The Bertz CT molecular complexity index is 4200. The first-order valence-electron chi connectivity index (χ1n) is 23.5. The standard InChI is InChI=1S/C62H36F6N4/c63-61(64,65)38-15-13-14-37(32-38)60-58(71-54-26-11-5-20-46(54)48-35-40(28-30-56(48)71)69-50-22-7-1-16-42(50)43-17-2-8-23-51(43)69)33-39(62(66,67)68)34-59(60)72-55-27-12-6-21-47(55)49-36-41(29-31-57(49)72)70-52-24-9-3-18-44(52)45-19-4-10-25-53(45)70/h1-36H. The summed E-state index contributed by atoms with van der Waals surface area (Å²) in [6.07, 6.45) is -9.60. The lowest BCUT2D eigenvalue weighted by atomic mass is 9.96. The molecule has 0 aliphatic carbocycles. The molecule has 0 saturated carbocycles. The number of aromatic nitrogens is 4. The predicted molar refractivity (Wildman–Crippen MR) is 279 cm³/mol. The molecule has 0 bridgehead atoms. The van der Waals surface area contributed by atoms with Crippen molar-refractivity contribution >= 4 is 87.2 Å². The fourth-order valence-electron chi connectivity index (χ4n) is 11.4. The highest BCUT2D eigenvalue weighted by Gasteiger charge is 2.36. The topological polar surface area (TPSA) is 19.7 Å². The molecule has 14 rings (SSSR count). The number of alkyl halides is 6. The number of benzene rings is 10. The highest BCUT2D eigenvalue weighted by Crippen LogP contribution is 2.47. The Hall–Kier alpha value is -9.02. The molecule has 10 aromatic carbocycles. The van der Waals surface area contributed by atoms with Crippen molar-refractivity contribution in [3.8, 4) is 33.9 Å². The van der Waals surface area contributed by atoms with Crippen LogP contribution in [0.15, 0.2) is 218 Å². The number of halogens is 6. The van der Waals surface area contributed by atoms with E-state index >= 15 is 13.2 Å². The van der Waals surface area contributed by atoms with Gasteiger partial charge >= 0.3 is 12.4 Å². The molecular formula is C62H36F6N4. The van der Waals surface area contributed by atoms with Gasteiger partial charge in [0, 0.05) is 60.0 Å². The van der Waals surface area contributed by atoms with Crippen LogP contribution in [0.25, 0.3) is 121 Å².